The Kier molecular flexibility index (Phi) is 4.43. The van der Waals surface area contributed by atoms with Gasteiger partial charge in [0.25, 0.3) is 5.91 Å². The van der Waals surface area contributed by atoms with Crippen LogP contribution in [-0.2, 0) is 10.0 Å². The third kappa shape index (κ3) is 3.35. The summed E-state index contributed by atoms with van der Waals surface area (Å²) in [7, 11) is -3.18. The molecular formula is C11H18N4O3S2. The normalized spacial score (nSPS) is 19.1. The average Bonchev–Trinajstić information content (AvgIpc) is 2.86. The summed E-state index contributed by atoms with van der Waals surface area (Å²) in [5.74, 6) is -0.165. The second kappa shape index (κ2) is 5.76. The molecule has 1 aromatic heterocycles. The predicted molar refractivity (Wildman–Crippen MR) is 77.0 cm³/mol. The Balaban J connectivity index is 2.01. The molecule has 1 amide bonds. The number of amides is 1. The number of thiazole rings is 1. The van der Waals surface area contributed by atoms with Gasteiger partial charge in [0, 0.05) is 31.6 Å². The molecule has 1 saturated heterocycles. The minimum Gasteiger partial charge on any atom is -0.335 e. The maximum Gasteiger partial charge on any atom is 0.273 e. The van der Waals surface area contributed by atoms with Crippen molar-refractivity contribution in [2.24, 2.45) is 5.73 Å². The van der Waals surface area contributed by atoms with Crippen LogP contribution in [0.15, 0.2) is 5.38 Å². The molecule has 2 rings (SSSR count). The standard InChI is InChI=1S/C11H18N4O3S2/c1-8(12)10-13-9(7-19-10)11(16)14-3-5-15(6-4-14)20(2,17)18/h7-8H,3-6,12H2,1-2H3. The minimum absolute atomic E-state index is 0.165. The van der Waals surface area contributed by atoms with Crippen LogP contribution in [0.4, 0.5) is 0 Å². The van der Waals surface area contributed by atoms with E-state index in [4.69, 9.17) is 5.73 Å². The van der Waals surface area contributed by atoms with Gasteiger partial charge in [-0.15, -0.1) is 11.3 Å². The number of aromatic nitrogens is 1. The number of nitrogens with two attached hydrogens (primary N) is 1. The van der Waals surface area contributed by atoms with Crippen molar-refractivity contribution < 1.29 is 13.2 Å². The van der Waals surface area contributed by atoms with E-state index in [1.807, 2.05) is 6.92 Å². The van der Waals surface area contributed by atoms with Crippen LogP contribution < -0.4 is 5.73 Å². The minimum atomic E-state index is -3.18. The van der Waals surface area contributed by atoms with Gasteiger partial charge in [-0.3, -0.25) is 4.79 Å². The van der Waals surface area contributed by atoms with Crippen molar-refractivity contribution in [1.29, 1.82) is 0 Å². The van der Waals surface area contributed by atoms with Crippen molar-refractivity contribution in [3.05, 3.63) is 16.1 Å². The predicted octanol–water partition coefficient (Wildman–Crippen LogP) is -0.120. The Labute approximate surface area is 122 Å². The third-order valence-corrected chi connectivity index (χ3v) is 5.47. The highest BCUT2D eigenvalue weighted by Gasteiger charge is 2.27. The molecule has 1 atom stereocenters. The van der Waals surface area contributed by atoms with Gasteiger partial charge in [-0.05, 0) is 6.92 Å². The molecule has 1 aliphatic rings. The van der Waals surface area contributed by atoms with Crippen LogP contribution in [0.1, 0.15) is 28.5 Å². The Morgan fingerprint density at radius 3 is 2.45 bits per heavy atom. The van der Waals surface area contributed by atoms with Gasteiger partial charge in [0.2, 0.25) is 10.0 Å². The summed E-state index contributed by atoms with van der Waals surface area (Å²) in [4.78, 5) is 18.1. The van der Waals surface area contributed by atoms with Gasteiger partial charge in [0.15, 0.2) is 0 Å². The number of sulfonamides is 1. The first-order valence-electron chi connectivity index (χ1n) is 6.24. The molecule has 1 unspecified atom stereocenters. The summed E-state index contributed by atoms with van der Waals surface area (Å²) in [6.45, 7) is 3.25. The SMILES string of the molecule is CC(N)c1nc(C(=O)N2CCN(S(C)(=O)=O)CC2)cs1. The van der Waals surface area contributed by atoms with Gasteiger partial charge in [-0.1, -0.05) is 0 Å². The van der Waals surface area contributed by atoms with Gasteiger partial charge in [-0.25, -0.2) is 13.4 Å². The smallest absolute Gasteiger partial charge is 0.273 e. The van der Waals surface area contributed by atoms with Gasteiger partial charge in [0.05, 0.1) is 12.3 Å². The molecule has 1 aliphatic heterocycles. The molecule has 7 nitrogen and oxygen atoms in total. The van der Waals surface area contributed by atoms with Crippen molar-refractivity contribution >= 4 is 27.3 Å². The highest BCUT2D eigenvalue weighted by atomic mass is 32.2. The summed E-state index contributed by atoms with van der Waals surface area (Å²) in [6.07, 6.45) is 1.18. The zero-order valence-corrected chi connectivity index (χ0v) is 13.1. The molecule has 1 fully saturated rings. The van der Waals surface area contributed by atoms with E-state index >= 15 is 0 Å². The summed E-state index contributed by atoms with van der Waals surface area (Å²) >= 11 is 1.36. The van der Waals surface area contributed by atoms with E-state index in [2.05, 4.69) is 4.98 Å². The average molecular weight is 318 g/mol. The third-order valence-electron chi connectivity index (χ3n) is 3.13. The number of carbonyl (C=O) groups is 1. The Morgan fingerprint density at radius 2 is 2.00 bits per heavy atom. The highest BCUT2D eigenvalue weighted by Crippen LogP contribution is 2.18. The fourth-order valence-corrected chi connectivity index (χ4v) is 3.56. The molecule has 0 bridgehead atoms. The van der Waals surface area contributed by atoms with E-state index in [0.29, 0.717) is 31.9 Å². The summed E-state index contributed by atoms with van der Waals surface area (Å²) in [6, 6.07) is -0.191. The van der Waals surface area contributed by atoms with Crippen LogP contribution >= 0.6 is 11.3 Å². The van der Waals surface area contributed by atoms with E-state index in [1.165, 1.54) is 21.9 Å². The topological polar surface area (TPSA) is 96.6 Å². The lowest BCUT2D eigenvalue weighted by Gasteiger charge is -2.32. The van der Waals surface area contributed by atoms with Crippen LogP contribution in [0.3, 0.4) is 0 Å². The second-order valence-corrected chi connectivity index (χ2v) is 7.69. The highest BCUT2D eigenvalue weighted by molar-refractivity contribution is 7.88. The van der Waals surface area contributed by atoms with Crippen molar-refractivity contribution in [3.63, 3.8) is 0 Å². The van der Waals surface area contributed by atoms with Gasteiger partial charge in [0.1, 0.15) is 10.7 Å². The molecule has 2 heterocycles. The van der Waals surface area contributed by atoms with E-state index in [9.17, 15) is 13.2 Å². The number of nitrogens with zero attached hydrogens (tertiary/aromatic N) is 3. The van der Waals surface area contributed by atoms with Gasteiger partial charge >= 0.3 is 0 Å². The molecule has 1 aromatic rings. The number of piperazine rings is 1. The lowest BCUT2D eigenvalue weighted by molar-refractivity contribution is 0.0693. The summed E-state index contributed by atoms with van der Waals surface area (Å²) < 4.78 is 24.2. The van der Waals surface area contributed by atoms with E-state index in [0.717, 1.165) is 5.01 Å². The zero-order chi connectivity index (χ0) is 14.9. The maximum absolute atomic E-state index is 12.3. The van der Waals surface area contributed by atoms with E-state index < -0.39 is 10.0 Å². The quantitative estimate of drug-likeness (QED) is 0.838. The number of hydrogen-bond acceptors (Lipinski definition) is 6. The van der Waals surface area contributed by atoms with Crippen LogP contribution in [0.25, 0.3) is 0 Å². The summed E-state index contributed by atoms with van der Waals surface area (Å²) in [5.41, 5.74) is 6.11. The van der Waals surface area contributed by atoms with Crippen molar-refractivity contribution in [2.45, 2.75) is 13.0 Å². The lowest BCUT2D eigenvalue weighted by Crippen LogP contribution is -2.50. The maximum atomic E-state index is 12.3. The van der Waals surface area contributed by atoms with Crippen molar-refractivity contribution in [2.75, 3.05) is 32.4 Å². The van der Waals surface area contributed by atoms with Gasteiger partial charge < -0.3 is 10.6 Å². The number of rotatable bonds is 3. The molecule has 9 heteroatoms. The van der Waals surface area contributed by atoms with Gasteiger partial charge in [-0.2, -0.15) is 4.31 Å². The molecule has 2 N–H and O–H groups in total. The Morgan fingerprint density at radius 1 is 1.40 bits per heavy atom. The van der Waals surface area contributed by atoms with Crippen LogP contribution in [-0.4, -0.2) is 60.9 Å². The van der Waals surface area contributed by atoms with E-state index in [-0.39, 0.29) is 11.9 Å². The summed E-state index contributed by atoms with van der Waals surface area (Å²) in [5, 5.41) is 2.42. The fraction of sp³-hybridized carbons (Fsp3) is 0.636. The first kappa shape index (κ1) is 15.4. The molecule has 0 radical (unpaired) electrons. The molecule has 20 heavy (non-hydrogen) atoms. The molecule has 0 aromatic carbocycles. The van der Waals surface area contributed by atoms with Crippen LogP contribution in [0, 0.1) is 0 Å². The molecule has 0 spiro atoms. The monoisotopic (exact) mass is 318 g/mol. The fourth-order valence-electron chi connectivity index (χ4n) is 1.98. The Hall–Kier alpha value is -1.03. The van der Waals surface area contributed by atoms with Crippen LogP contribution in [0.5, 0.6) is 0 Å². The molecule has 0 aliphatic carbocycles. The largest absolute Gasteiger partial charge is 0.335 e. The van der Waals surface area contributed by atoms with Crippen molar-refractivity contribution in [3.8, 4) is 0 Å². The Bertz CT molecular complexity index is 589. The molecule has 0 saturated carbocycles. The van der Waals surface area contributed by atoms with Crippen LogP contribution in [0.2, 0.25) is 0 Å². The van der Waals surface area contributed by atoms with E-state index in [1.54, 1.807) is 10.3 Å². The molecule has 112 valence electrons. The second-order valence-electron chi connectivity index (χ2n) is 4.81. The molecular weight excluding hydrogens is 300 g/mol. The number of hydrogen-bond donors (Lipinski definition) is 1. The van der Waals surface area contributed by atoms with Crippen molar-refractivity contribution in [1.82, 2.24) is 14.2 Å². The zero-order valence-electron chi connectivity index (χ0n) is 11.4. The first-order valence-corrected chi connectivity index (χ1v) is 8.97. The number of carbonyl (C=O) groups excluding carboxylic acids is 1. The lowest BCUT2D eigenvalue weighted by atomic mass is 10.3. The first-order chi connectivity index (χ1) is 9.29.